The fourth-order valence-corrected chi connectivity index (χ4v) is 3.32. The third-order valence-electron chi connectivity index (χ3n) is 5.35. The first-order chi connectivity index (χ1) is 18.4. The molecule has 0 fully saturated rings. The zero-order valence-corrected chi connectivity index (χ0v) is 21.6. The summed E-state index contributed by atoms with van der Waals surface area (Å²) in [6.45, 7) is 3.08. The molecule has 38 heavy (non-hydrogen) atoms. The second kappa shape index (κ2) is 16.5. The number of benzene rings is 2. The van der Waals surface area contributed by atoms with E-state index >= 15 is 0 Å². The Labute approximate surface area is 220 Å². The van der Waals surface area contributed by atoms with Gasteiger partial charge in [0.2, 0.25) is 0 Å². The first-order valence-corrected chi connectivity index (χ1v) is 12.4. The van der Waals surface area contributed by atoms with Crippen molar-refractivity contribution in [2.75, 3.05) is 26.9 Å². The summed E-state index contributed by atoms with van der Waals surface area (Å²) in [4.78, 5) is 45.1. The van der Waals surface area contributed by atoms with Gasteiger partial charge in [-0.25, -0.2) is 9.59 Å². The molecule has 0 aliphatic rings. The van der Waals surface area contributed by atoms with Gasteiger partial charge in [-0.05, 0) is 55.9 Å². The Morgan fingerprint density at radius 2 is 1.68 bits per heavy atom. The van der Waals surface area contributed by atoms with Gasteiger partial charge in [0.25, 0.3) is 11.4 Å². The highest BCUT2D eigenvalue weighted by Crippen LogP contribution is 2.28. The van der Waals surface area contributed by atoms with E-state index in [9.17, 15) is 24.6 Å². The van der Waals surface area contributed by atoms with Crippen LogP contribution in [0, 0.1) is 15.0 Å². The van der Waals surface area contributed by atoms with Crippen molar-refractivity contribution in [2.45, 2.75) is 45.4 Å². The number of hydrogen-bond acceptors (Lipinski definition) is 9. The third kappa shape index (κ3) is 10.4. The maximum absolute atomic E-state index is 12.1. The molecule has 2 aromatic rings. The summed E-state index contributed by atoms with van der Waals surface area (Å²) in [5.41, 5.74) is 0.224. The van der Waals surface area contributed by atoms with Crippen LogP contribution in [0.25, 0.3) is 6.08 Å². The van der Waals surface area contributed by atoms with Gasteiger partial charge in [0.05, 0.1) is 43.5 Å². The molecular weight excluding hydrogens is 496 g/mol. The lowest BCUT2D eigenvalue weighted by Gasteiger charge is -2.10. The van der Waals surface area contributed by atoms with Crippen LogP contribution in [0.3, 0.4) is 0 Å². The number of hydrogen-bond donors (Lipinski definition) is 1. The van der Waals surface area contributed by atoms with E-state index in [1.807, 2.05) is 12.1 Å². The van der Waals surface area contributed by atoms with Gasteiger partial charge in [-0.1, -0.05) is 19.4 Å². The van der Waals surface area contributed by atoms with Gasteiger partial charge in [-0.2, -0.15) is 0 Å². The molecule has 0 amide bonds. The van der Waals surface area contributed by atoms with Crippen LogP contribution in [-0.2, 0) is 14.3 Å². The number of nitro groups is 1. The quantitative estimate of drug-likeness (QED) is 0.105. The van der Waals surface area contributed by atoms with E-state index in [2.05, 4.69) is 6.92 Å². The Balaban J connectivity index is 1.64. The number of esters is 2. The third-order valence-corrected chi connectivity index (χ3v) is 5.35. The summed E-state index contributed by atoms with van der Waals surface area (Å²) in [5.74, 6) is 0.0500. The second-order valence-corrected chi connectivity index (χ2v) is 8.29. The number of carbonyl (C=O) groups is 2. The Morgan fingerprint density at radius 3 is 2.34 bits per heavy atom. The minimum Gasteiger partial charge on any atom is -0.493 e. The Morgan fingerprint density at radius 1 is 0.947 bits per heavy atom. The smallest absolute Gasteiger partial charge is 0.338 e. The fourth-order valence-electron chi connectivity index (χ4n) is 3.32. The Bertz CT molecular complexity index is 1130. The molecule has 0 aliphatic heterocycles. The van der Waals surface area contributed by atoms with Crippen molar-refractivity contribution in [1.29, 1.82) is 0 Å². The van der Waals surface area contributed by atoms with Crippen LogP contribution in [0.1, 0.15) is 61.4 Å². The van der Waals surface area contributed by atoms with Gasteiger partial charge < -0.3 is 18.9 Å². The van der Waals surface area contributed by atoms with Crippen molar-refractivity contribution in [1.82, 2.24) is 0 Å². The number of unbranched alkanes of at least 4 members (excludes halogenated alkanes) is 4. The predicted molar refractivity (Wildman–Crippen MR) is 139 cm³/mol. The molecule has 0 aromatic heterocycles. The van der Waals surface area contributed by atoms with Crippen molar-refractivity contribution in [3.05, 3.63) is 68.6 Å². The van der Waals surface area contributed by atoms with Crippen LogP contribution in [0.2, 0.25) is 0 Å². The average Bonchev–Trinajstić information content (AvgIpc) is 2.93. The van der Waals surface area contributed by atoms with Crippen LogP contribution in [0.4, 0.5) is 11.4 Å². The Kier molecular flexibility index (Phi) is 13.0. The summed E-state index contributed by atoms with van der Waals surface area (Å²) in [7, 11) is 1.56. The molecule has 11 nitrogen and oxygen atoms in total. The van der Waals surface area contributed by atoms with Gasteiger partial charge in [0, 0.05) is 28.3 Å². The fraction of sp³-hybridized carbons (Fsp3) is 0.407. The summed E-state index contributed by atoms with van der Waals surface area (Å²) in [6, 6.07) is 8.71. The predicted octanol–water partition coefficient (Wildman–Crippen LogP) is 4.23. The van der Waals surface area contributed by atoms with E-state index in [-0.39, 0.29) is 30.2 Å². The van der Waals surface area contributed by atoms with Gasteiger partial charge in [-0.15, -0.1) is 0 Å². The van der Waals surface area contributed by atoms with Gasteiger partial charge >= 0.3 is 11.9 Å². The number of rotatable bonds is 17. The normalized spacial score (nSPS) is 10.7. The molecule has 0 aliphatic carbocycles. The van der Waals surface area contributed by atoms with Gasteiger partial charge in [0.1, 0.15) is 0 Å². The second-order valence-electron chi connectivity index (χ2n) is 8.29. The SMILES string of the molecule is CCCCOc1ccc(/C=C/C(=O)OCCCCCCOC(=O)c2cc([NH+]=O)cc([N+](=O)[O-])c2)cc1OC. The highest BCUT2D eigenvalue weighted by atomic mass is 16.6. The topological polar surface area (TPSA) is 145 Å². The molecule has 0 unspecified atom stereocenters. The number of non-ortho nitro benzene ring substituents is 1. The van der Waals surface area contributed by atoms with Gasteiger partial charge in [-0.3, -0.25) is 10.1 Å². The minimum absolute atomic E-state index is 0.0767. The van der Waals surface area contributed by atoms with Crippen LogP contribution in [0.5, 0.6) is 11.5 Å². The summed E-state index contributed by atoms with van der Waals surface area (Å²) >= 11 is 0. The minimum atomic E-state index is -0.748. The number of nitro benzene ring substituents is 1. The lowest BCUT2D eigenvalue weighted by Crippen LogP contribution is -2.55. The average molecular weight is 530 g/mol. The monoisotopic (exact) mass is 529 g/mol. The highest BCUT2D eigenvalue weighted by molar-refractivity contribution is 5.91. The van der Waals surface area contributed by atoms with Crippen molar-refractivity contribution in [3.8, 4) is 11.5 Å². The molecule has 1 N–H and O–H groups in total. The van der Waals surface area contributed by atoms with Gasteiger partial charge in [0.15, 0.2) is 11.5 Å². The molecule has 0 heterocycles. The van der Waals surface area contributed by atoms with Crippen molar-refractivity contribution < 1.29 is 38.6 Å². The molecule has 204 valence electrons. The molecule has 0 bridgehead atoms. The molecule has 0 saturated heterocycles. The molecule has 0 saturated carbocycles. The lowest BCUT2D eigenvalue weighted by atomic mass is 10.1. The van der Waals surface area contributed by atoms with E-state index < -0.39 is 16.9 Å². The standard InChI is InChI=1S/C27H32N2O9/c1-3-4-13-36-24-11-9-20(16-25(24)35-2)10-12-26(30)37-14-7-5-6-8-15-38-27(31)21-17-22(28-32)19-23(18-21)29(33)34/h9-12,16-19H,3-8,13-15H2,1-2H3/p+1/b12-10+. The maximum atomic E-state index is 12.1. The van der Waals surface area contributed by atoms with E-state index in [1.54, 1.807) is 19.3 Å². The summed E-state index contributed by atoms with van der Waals surface area (Å²) in [6.07, 6.45) is 7.70. The van der Waals surface area contributed by atoms with E-state index in [4.69, 9.17) is 18.9 Å². The first kappa shape index (κ1) is 29.9. The number of nitroso groups, excluding NO2 is 1. The zero-order chi connectivity index (χ0) is 27.8. The number of carbonyl (C=O) groups excluding carboxylic acids is 2. The van der Waals surface area contributed by atoms with Crippen LogP contribution in [0.15, 0.2) is 42.5 Å². The van der Waals surface area contributed by atoms with E-state index in [0.29, 0.717) is 30.9 Å². The van der Waals surface area contributed by atoms with E-state index in [0.717, 1.165) is 43.4 Å². The first-order valence-electron chi connectivity index (χ1n) is 12.4. The molecular formula is C27H33N2O9+. The largest absolute Gasteiger partial charge is 0.493 e. The Hall–Kier alpha value is -4.28. The summed E-state index contributed by atoms with van der Waals surface area (Å²) < 4.78 is 21.4. The molecule has 2 aromatic carbocycles. The summed E-state index contributed by atoms with van der Waals surface area (Å²) in [5, 5.41) is 12.5. The van der Waals surface area contributed by atoms with Crippen LogP contribution >= 0.6 is 0 Å². The van der Waals surface area contributed by atoms with Crippen LogP contribution < -0.4 is 14.7 Å². The van der Waals surface area contributed by atoms with Crippen LogP contribution in [-0.4, -0.2) is 43.8 Å². The molecule has 2 rings (SSSR count). The zero-order valence-electron chi connectivity index (χ0n) is 21.6. The molecule has 0 radical (unpaired) electrons. The van der Waals surface area contributed by atoms with Crippen molar-refractivity contribution >= 4 is 29.4 Å². The van der Waals surface area contributed by atoms with E-state index in [1.165, 1.54) is 17.3 Å². The number of nitrogens with zero attached hydrogens (tertiary/aromatic N) is 1. The van der Waals surface area contributed by atoms with Crippen molar-refractivity contribution in [2.24, 2.45) is 0 Å². The lowest BCUT2D eigenvalue weighted by molar-refractivity contribution is -0.392. The van der Waals surface area contributed by atoms with Crippen molar-refractivity contribution in [3.63, 3.8) is 0 Å². The number of methoxy groups -OCH3 is 1. The molecule has 0 atom stereocenters. The highest BCUT2D eigenvalue weighted by Gasteiger charge is 2.18. The molecule has 11 heteroatoms. The number of ether oxygens (including phenoxy) is 4. The number of nitrogens with one attached hydrogen (secondary N) is 1. The maximum Gasteiger partial charge on any atom is 0.338 e. The molecule has 0 spiro atoms.